The summed E-state index contributed by atoms with van der Waals surface area (Å²) < 4.78 is 0.376. The number of halogens is 1. The van der Waals surface area contributed by atoms with Gasteiger partial charge in [-0.1, -0.05) is 49.2 Å². The van der Waals surface area contributed by atoms with Gasteiger partial charge in [-0.25, -0.2) is 4.79 Å². The van der Waals surface area contributed by atoms with E-state index in [9.17, 15) is 113 Å². The van der Waals surface area contributed by atoms with Crippen molar-refractivity contribution < 1.29 is 120 Å². The standard InChI is InChI=1S/C63H92IN11O23.Ga/c64-42-34-41(18-21-49(42)76)36-46(67-52(79)22-20-48(62(96)97)75-32-30-73(38-55(84)85)28-26-72(37-54(82)83)27-29-74(31-33-75)39-56(86)87)57(88)69-47(35-40-12-4-3-5-13-40)58(89)68-43(59(90)91)14-8-10-24-65-50(77)16-6-1-2-7-17-51(78)66-25-11-9-15-44(60(92)93)70-63(98)71-45(61(94)95)19-23-53(80)81;/h3-5,12-13,18,21,34,43-48,76H,1-2,6-11,14-17,19-20,22-33,35-39H2,(H,65,77)(H,66,78)(H,67,79)(H,68,89)(H,69,88)(H,80,81)(H,82,83)(H,84,85)(H,86,87)(H,90,91)(H,92,93)(H,94,95)(H,96,97)(H2,70,71,98);/q;+3/p-3/t43-,44+,45+,46-,47-,48-;/m1./s1/i;1-2. The number of hydrogen-bond acceptors (Lipinski definition) is 27. The van der Waals surface area contributed by atoms with E-state index in [2.05, 4.69) is 31.9 Å². The van der Waals surface area contributed by atoms with Crippen LogP contribution >= 0.6 is 22.6 Å². The number of phenols is 1. The molecule has 0 radical (unpaired) electrons. The SMILES string of the molecule is O=C([O-])CC[C@H](NC(=O)N[C@@H](CCCCNC(=O)CCCCCCC(=O)NCCCC[C@@H](NC(=O)[C@@H](Cc1ccccc1)NC(=O)[C@@H](Cc1ccc(O)c(I)c1)NC(=O)CC[C@H](C(=O)[O-])N1CCN(CC(=O)[O-])CCN(CC(=O)[O-])CCN(CC(=O)[O-])CC1)C(=O)[O-])C(=O)[O-])C(=O)[O-].[68Ga+3].[H+].[H+].[H+].[H+].[H+]. The normalized spacial score (nSPS) is 15.2. The first-order valence-corrected chi connectivity index (χ1v) is 33.1. The van der Waals surface area contributed by atoms with Gasteiger partial charge in [-0.2, -0.15) is 0 Å². The van der Waals surface area contributed by atoms with Crippen LogP contribution in [0.1, 0.15) is 121 Å². The van der Waals surface area contributed by atoms with Crippen molar-refractivity contribution in [2.24, 2.45) is 0 Å². The summed E-state index contributed by atoms with van der Waals surface area (Å²) in [7, 11) is 0. The van der Waals surface area contributed by atoms with Crippen molar-refractivity contribution in [2.75, 3.05) is 85.1 Å². The minimum absolute atomic E-state index is 0. The Labute approximate surface area is 605 Å². The zero-order valence-electron chi connectivity index (χ0n) is 59.7. The maximum atomic E-state index is 14.5. The number of unbranched alkanes of at least 4 members (excludes halogenated alkanes) is 5. The zero-order chi connectivity index (χ0) is 72.7. The number of amides is 7. The van der Waals surface area contributed by atoms with Gasteiger partial charge in [-0.15, -0.1) is 0 Å². The average molecular weight is 1560 g/mol. The van der Waals surface area contributed by atoms with Gasteiger partial charge >= 0.3 is 33.0 Å². The fraction of sp³-hybridized carbons (Fsp3) is 0.587. The predicted octanol–water partition coefficient (Wildman–Crippen LogP) is -10.5. The van der Waals surface area contributed by atoms with Crippen LogP contribution in [0.15, 0.2) is 48.5 Å². The molecule has 2 aromatic carbocycles. The molecule has 1 aliphatic heterocycles. The molecular weight excluding hydrogens is 1470 g/mol. The summed E-state index contributed by atoms with van der Waals surface area (Å²) in [5, 5.41) is 121. The van der Waals surface area contributed by atoms with Gasteiger partial charge in [-0.05, 0) is 116 Å². The van der Waals surface area contributed by atoms with Crippen molar-refractivity contribution in [3.8, 4) is 5.75 Å². The molecule has 6 atom stereocenters. The molecule has 3 rings (SSSR count). The number of aliphatic carboxylic acids is 8. The van der Waals surface area contributed by atoms with Crippen LogP contribution in [0.5, 0.6) is 5.75 Å². The summed E-state index contributed by atoms with van der Waals surface area (Å²) in [6.07, 6.45) is 0.622. The number of aromatic hydroxyl groups is 1. The molecule has 1 aliphatic rings. The van der Waals surface area contributed by atoms with E-state index in [1.54, 1.807) is 30.3 Å². The summed E-state index contributed by atoms with van der Waals surface area (Å²) in [6.45, 7) is -2.02. The van der Waals surface area contributed by atoms with E-state index >= 15 is 0 Å². The Morgan fingerprint density at radius 1 is 0.424 bits per heavy atom. The smallest absolute Gasteiger partial charge is 0.550 e. The van der Waals surface area contributed by atoms with E-state index in [1.165, 1.54) is 37.8 Å². The molecule has 7 amide bonds. The van der Waals surface area contributed by atoms with Gasteiger partial charge in [0.15, 0.2) is 0 Å². The quantitative estimate of drug-likeness (QED) is 0.0173. The van der Waals surface area contributed by atoms with Gasteiger partial charge in [0.05, 0.1) is 63.5 Å². The van der Waals surface area contributed by atoms with Gasteiger partial charge < -0.3 is 122 Å². The molecular formula is C63H89GaIN11O23. The molecule has 1 saturated heterocycles. The molecule has 1 fully saturated rings. The first kappa shape index (κ1) is 86.9. The number of nitrogens with one attached hydrogen (secondary N) is 7. The molecule has 0 spiro atoms. The predicted molar refractivity (Wildman–Crippen MR) is 346 cm³/mol. The molecule has 0 bridgehead atoms. The molecule has 99 heavy (non-hydrogen) atoms. The number of hydrogen-bond donors (Lipinski definition) is 8. The molecule has 36 heteroatoms. The number of nitrogens with zero attached hydrogens (tertiary/aromatic N) is 4. The minimum atomic E-state index is -1.78. The largest absolute Gasteiger partial charge is 3.00 e. The van der Waals surface area contributed by atoms with Crippen LogP contribution in [-0.2, 0) is 75.2 Å². The van der Waals surface area contributed by atoms with E-state index in [0.717, 1.165) is 0 Å². The van der Waals surface area contributed by atoms with Gasteiger partial charge in [0.1, 0.15) is 17.8 Å². The molecule has 8 N–H and O–H groups in total. The van der Waals surface area contributed by atoms with Crippen molar-refractivity contribution in [1.29, 1.82) is 0 Å². The Morgan fingerprint density at radius 2 is 0.848 bits per heavy atom. The molecule has 1 heterocycles. The second kappa shape index (κ2) is 47.8. The Morgan fingerprint density at radius 3 is 1.28 bits per heavy atom. The minimum Gasteiger partial charge on any atom is -0.550 e. The molecule has 0 aliphatic carbocycles. The van der Waals surface area contributed by atoms with E-state index in [-0.39, 0.29) is 161 Å². The molecule has 34 nitrogen and oxygen atoms in total. The molecule has 0 saturated carbocycles. The van der Waals surface area contributed by atoms with Gasteiger partial charge in [0, 0.05) is 129 Å². The number of urea groups is 1. The van der Waals surface area contributed by atoms with Crippen molar-refractivity contribution >= 4 is 126 Å². The van der Waals surface area contributed by atoms with Crippen LogP contribution in [0.25, 0.3) is 0 Å². The van der Waals surface area contributed by atoms with Crippen molar-refractivity contribution in [1.82, 2.24) is 56.8 Å². The maximum Gasteiger partial charge on any atom is 3.00 e. The Balaban J connectivity index is -0.00000833. The second-order valence-electron chi connectivity index (χ2n) is 23.5. The maximum absolute atomic E-state index is 14.5. The third kappa shape index (κ3) is 37.6. The fourth-order valence-corrected chi connectivity index (χ4v) is 11.0. The third-order valence-corrected chi connectivity index (χ3v) is 16.6. The zero-order valence-corrected chi connectivity index (χ0v) is 59.3. The summed E-state index contributed by atoms with van der Waals surface area (Å²) in [5.41, 5.74) is 0.963. The van der Waals surface area contributed by atoms with Gasteiger partial charge in [-0.3, -0.25) is 43.6 Å². The second-order valence-corrected chi connectivity index (χ2v) is 24.6. The van der Waals surface area contributed by atoms with Crippen LogP contribution < -0.4 is 78.1 Å². The van der Waals surface area contributed by atoms with Crippen LogP contribution in [-0.4, -0.2) is 249 Å². The molecule has 544 valence electrons. The Kier molecular flexibility index (Phi) is 41.9. The summed E-state index contributed by atoms with van der Waals surface area (Å²) in [5.74, 6) is -16.0. The topological polar surface area (TPSA) is 541 Å². The van der Waals surface area contributed by atoms with Crippen LogP contribution in [0, 0.1) is 3.57 Å². The van der Waals surface area contributed by atoms with E-state index < -0.39 is 153 Å². The van der Waals surface area contributed by atoms with Gasteiger partial charge in [0.2, 0.25) is 29.5 Å². The van der Waals surface area contributed by atoms with Crippen LogP contribution in [0.4, 0.5) is 4.79 Å². The number of carboxylic acids is 8. The average Bonchev–Trinajstić information content (AvgIpc) is 0.852. The molecule has 0 aromatic heterocycles. The number of phenolic OH excluding ortho intramolecular Hbond substituents is 1. The first-order valence-electron chi connectivity index (χ1n) is 32.1. The van der Waals surface area contributed by atoms with Crippen molar-refractivity contribution in [3.63, 3.8) is 0 Å². The van der Waals surface area contributed by atoms with E-state index in [1.807, 2.05) is 27.9 Å². The molecule has 2 aromatic rings. The van der Waals surface area contributed by atoms with Crippen molar-refractivity contribution in [3.05, 3.63) is 63.2 Å². The molecule has 0 unspecified atom stereocenters. The monoisotopic (exact) mass is 1560 g/mol. The summed E-state index contributed by atoms with van der Waals surface area (Å²) in [6, 6.07) is 2.20. The summed E-state index contributed by atoms with van der Waals surface area (Å²) in [4.78, 5) is 179. The number of benzene rings is 2. The van der Waals surface area contributed by atoms with E-state index in [0.29, 0.717) is 53.2 Å². The summed E-state index contributed by atoms with van der Waals surface area (Å²) >= 11 is 1.85. The number of carbonyl (C=O) groups is 14. The number of rotatable bonds is 45. The van der Waals surface area contributed by atoms with Crippen LogP contribution in [0.2, 0.25) is 0 Å². The number of carboxylic acid groups (broad SMARTS) is 8. The first-order chi connectivity index (χ1) is 46.5. The third-order valence-electron chi connectivity index (χ3n) is 15.8. The fourth-order valence-electron chi connectivity index (χ4n) is 10.5. The number of carbonyl (C=O) groups excluding carboxylic acids is 14. The Bertz CT molecular complexity index is 3010. The van der Waals surface area contributed by atoms with Crippen LogP contribution in [0.3, 0.4) is 0 Å². The van der Waals surface area contributed by atoms with Crippen molar-refractivity contribution in [2.45, 2.75) is 152 Å². The van der Waals surface area contributed by atoms with Gasteiger partial charge in [0.25, 0.3) is 0 Å². The Hall–Kier alpha value is -8.17. The van der Waals surface area contributed by atoms with E-state index in [4.69, 9.17) is 0 Å².